The summed E-state index contributed by atoms with van der Waals surface area (Å²) in [6, 6.07) is 13.8. The van der Waals surface area contributed by atoms with Crippen LogP contribution < -0.4 is 15.2 Å². The second-order valence-corrected chi connectivity index (χ2v) is 10.5. The molecular formula is C33H39N7O2. The molecule has 2 N–H and O–H groups in total. The second kappa shape index (κ2) is 13.0. The Morgan fingerprint density at radius 2 is 1.60 bits per heavy atom. The van der Waals surface area contributed by atoms with E-state index in [4.69, 9.17) is 20.2 Å². The number of fused-ring (bicyclic) bond motifs is 1. The summed E-state index contributed by atoms with van der Waals surface area (Å²) in [7, 11) is 2.17. The van der Waals surface area contributed by atoms with E-state index < -0.39 is 0 Å². The average molecular weight is 566 g/mol. The molecule has 1 aliphatic heterocycles. The summed E-state index contributed by atoms with van der Waals surface area (Å²) in [4.78, 5) is 20.3. The molecule has 9 heteroatoms. The van der Waals surface area contributed by atoms with Gasteiger partial charge < -0.3 is 20.1 Å². The molecule has 0 spiro atoms. The maximum atomic E-state index is 6.36. The van der Waals surface area contributed by atoms with Crippen LogP contribution in [-0.2, 0) is 6.61 Å². The molecule has 6 rings (SSSR count). The number of nitrogens with zero attached hydrogens (tertiary/aromatic N) is 6. The van der Waals surface area contributed by atoms with Gasteiger partial charge in [-0.25, -0.2) is 19.9 Å². The Hall–Kier alpha value is -4.50. The van der Waals surface area contributed by atoms with Crippen LogP contribution in [0.5, 0.6) is 17.2 Å². The van der Waals surface area contributed by atoms with E-state index in [1.54, 1.807) is 18.6 Å². The minimum absolute atomic E-state index is 0.383. The molecule has 42 heavy (non-hydrogen) atoms. The number of hydrogen-bond acceptors (Lipinski definition) is 8. The van der Waals surface area contributed by atoms with E-state index >= 15 is 0 Å². The fraction of sp³-hybridized carbons (Fsp3) is 0.333. The number of piperidine rings is 1. The third kappa shape index (κ3) is 6.52. The highest BCUT2D eigenvalue weighted by Crippen LogP contribution is 2.35. The molecule has 5 aromatic rings. The van der Waals surface area contributed by atoms with Gasteiger partial charge in [-0.15, -0.1) is 0 Å². The van der Waals surface area contributed by atoms with Gasteiger partial charge in [0, 0.05) is 47.9 Å². The van der Waals surface area contributed by atoms with Crippen molar-refractivity contribution in [1.29, 1.82) is 0 Å². The molecule has 1 saturated heterocycles. The van der Waals surface area contributed by atoms with E-state index in [9.17, 15) is 0 Å². The largest absolute Gasteiger partial charge is 0.489 e. The summed E-state index contributed by atoms with van der Waals surface area (Å²) in [5, 5.41) is 0. The van der Waals surface area contributed by atoms with Gasteiger partial charge >= 0.3 is 0 Å². The monoisotopic (exact) mass is 565 g/mol. The van der Waals surface area contributed by atoms with Crippen LogP contribution in [0.2, 0.25) is 0 Å². The number of nitrogen functional groups attached to an aromatic ring is 1. The highest BCUT2D eigenvalue weighted by atomic mass is 16.5. The molecule has 0 radical (unpaired) electrons. The number of aromatic nitrogens is 5. The van der Waals surface area contributed by atoms with E-state index in [1.807, 2.05) is 76.4 Å². The van der Waals surface area contributed by atoms with E-state index in [-0.39, 0.29) is 0 Å². The molecule has 9 nitrogen and oxygen atoms in total. The van der Waals surface area contributed by atoms with Crippen molar-refractivity contribution in [3.63, 3.8) is 0 Å². The Kier molecular flexibility index (Phi) is 8.97. The predicted octanol–water partition coefficient (Wildman–Crippen LogP) is 6.59. The molecule has 0 amide bonds. The Morgan fingerprint density at radius 1 is 0.905 bits per heavy atom. The van der Waals surface area contributed by atoms with E-state index in [1.165, 1.54) is 0 Å². The molecule has 0 atom stereocenters. The van der Waals surface area contributed by atoms with Crippen LogP contribution in [0.15, 0.2) is 67.3 Å². The number of imidazole rings is 1. The van der Waals surface area contributed by atoms with E-state index in [2.05, 4.69) is 31.3 Å². The first-order valence-electron chi connectivity index (χ1n) is 14.5. The number of benzene rings is 2. The predicted molar refractivity (Wildman–Crippen MR) is 166 cm³/mol. The van der Waals surface area contributed by atoms with Crippen molar-refractivity contribution >= 4 is 11.3 Å². The van der Waals surface area contributed by atoms with Gasteiger partial charge in [-0.3, -0.25) is 4.40 Å². The minimum atomic E-state index is 0.383. The van der Waals surface area contributed by atoms with Crippen LogP contribution >= 0.6 is 0 Å². The lowest BCUT2D eigenvalue weighted by Gasteiger charge is -2.28. The van der Waals surface area contributed by atoms with Gasteiger partial charge in [0.2, 0.25) is 0 Å². The van der Waals surface area contributed by atoms with Gasteiger partial charge in [0.1, 0.15) is 52.5 Å². The summed E-state index contributed by atoms with van der Waals surface area (Å²) in [5.74, 6) is 4.80. The van der Waals surface area contributed by atoms with Crippen molar-refractivity contribution in [2.75, 3.05) is 25.9 Å². The van der Waals surface area contributed by atoms with Gasteiger partial charge in [0.15, 0.2) is 0 Å². The first-order chi connectivity index (χ1) is 20.4. The summed E-state index contributed by atoms with van der Waals surface area (Å²) in [6.07, 6.45) is 9.42. The summed E-state index contributed by atoms with van der Waals surface area (Å²) < 4.78 is 14.3. The summed E-state index contributed by atoms with van der Waals surface area (Å²) in [5.41, 5.74) is 11.0. The van der Waals surface area contributed by atoms with Gasteiger partial charge in [0.05, 0.1) is 0 Å². The van der Waals surface area contributed by atoms with Gasteiger partial charge in [-0.2, -0.15) is 0 Å². The molecule has 3 aromatic heterocycles. The molecule has 0 unspecified atom stereocenters. The Balaban J connectivity index is 0.00000173. The minimum Gasteiger partial charge on any atom is -0.489 e. The molecule has 2 aromatic carbocycles. The third-order valence-corrected chi connectivity index (χ3v) is 7.32. The molecule has 1 aliphatic rings. The first kappa shape index (κ1) is 29.0. The Labute approximate surface area is 247 Å². The quantitative estimate of drug-likeness (QED) is 0.236. The lowest BCUT2D eigenvalue weighted by molar-refractivity contribution is 0.251. The van der Waals surface area contributed by atoms with Crippen molar-refractivity contribution in [2.24, 2.45) is 0 Å². The fourth-order valence-electron chi connectivity index (χ4n) is 5.18. The van der Waals surface area contributed by atoms with Crippen molar-refractivity contribution in [3.05, 3.63) is 90.0 Å². The number of aryl methyl sites for hydroxylation is 2. The maximum Gasteiger partial charge on any atom is 0.150 e. The van der Waals surface area contributed by atoms with Crippen molar-refractivity contribution < 1.29 is 9.47 Å². The average Bonchev–Trinajstić information content (AvgIpc) is 3.39. The number of ether oxygens (including phenoxy) is 2. The third-order valence-electron chi connectivity index (χ3n) is 7.32. The zero-order valence-electron chi connectivity index (χ0n) is 25.0. The summed E-state index contributed by atoms with van der Waals surface area (Å²) in [6.45, 7) is 10.4. The van der Waals surface area contributed by atoms with Gasteiger partial charge in [-0.1, -0.05) is 13.8 Å². The first-order valence-corrected chi connectivity index (χ1v) is 14.5. The number of nitrogens with two attached hydrogens (primary N) is 1. The van der Waals surface area contributed by atoms with Crippen LogP contribution in [0.1, 0.15) is 55.4 Å². The summed E-state index contributed by atoms with van der Waals surface area (Å²) >= 11 is 0. The number of rotatable bonds is 7. The standard InChI is InChI=1S/C31H33N7O2.C2H6/c1-20-14-26(39-19-22-17-34-21(2)35-18-22)16-27(15-20)40-25-6-4-23(5-7-25)28-29-30(32)33-10-13-38(29)31(36-28)24-8-11-37(3)12-9-24;1-2/h4-7,10,13-18,24H,8-9,11-12,19H2,1-3H3,(H2,32,33);1-2H3. The highest BCUT2D eigenvalue weighted by Gasteiger charge is 2.25. The molecule has 4 heterocycles. The molecule has 0 aliphatic carbocycles. The van der Waals surface area contributed by atoms with Crippen molar-refractivity contribution in [2.45, 2.75) is 53.1 Å². The maximum absolute atomic E-state index is 6.36. The van der Waals surface area contributed by atoms with Crippen LogP contribution in [-0.4, -0.2) is 49.4 Å². The lowest BCUT2D eigenvalue weighted by Crippen LogP contribution is -2.29. The zero-order valence-corrected chi connectivity index (χ0v) is 25.0. The fourth-order valence-corrected chi connectivity index (χ4v) is 5.18. The molecular weight excluding hydrogens is 526 g/mol. The van der Waals surface area contributed by atoms with Crippen LogP contribution in [0.4, 0.5) is 5.82 Å². The number of anilines is 1. The van der Waals surface area contributed by atoms with Crippen molar-refractivity contribution in [1.82, 2.24) is 29.2 Å². The smallest absolute Gasteiger partial charge is 0.150 e. The second-order valence-electron chi connectivity index (χ2n) is 10.5. The molecule has 0 saturated carbocycles. The van der Waals surface area contributed by atoms with Crippen LogP contribution in [0.25, 0.3) is 16.8 Å². The van der Waals surface area contributed by atoms with Crippen LogP contribution in [0, 0.1) is 13.8 Å². The molecule has 0 bridgehead atoms. The Bertz CT molecular complexity index is 1620. The van der Waals surface area contributed by atoms with Gasteiger partial charge in [-0.05, 0) is 88.8 Å². The Morgan fingerprint density at radius 3 is 2.31 bits per heavy atom. The zero-order chi connectivity index (χ0) is 29.6. The lowest BCUT2D eigenvalue weighted by atomic mass is 9.96. The molecule has 1 fully saturated rings. The van der Waals surface area contributed by atoms with Crippen LogP contribution in [0.3, 0.4) is 0 Å². The molecule has 218 valence electrons. The van der Waals surface area contributed by atoms with E-state index in [0.717, 1.165) is 77.0 Å². The number of hydrogen-bond donors (Lipinski definition) is 1. The SMILES string of the molecule is CC.Cc1cc(OCc2cnc(C)nc2)cc(Oc2ccc(-c3nc(C4CCN(C)CC4)n4ccnc(N)c34)cc2)c1. The normalized spacial score (nSPS) is 13.9. The topological polar surface area (TPSA) is 104 Å². The van der Waals surface area contributed by atoms with Gasteiger partial charge in [0.25, 0.3) is 0 Å². The van der Waals surface area contributed by atoms with Crippen molar-refractivity contribution in [3.8, 4) is 28.5 Å². The highest BCUT2D eigenvalue weighted by molar-refractivity contribution is 5.85. The van der Waals surface area contributed by atoms with E-state index in [0.29, 0.717) is 24.1 Å². The number of likely N-dealkylation sites (tertiary alicyclic amines) is 1.